The van der Waals surface area contributed by atoms with E-state index in [1.54, 1.807) is 17.9 Å². The lowest BCUT2D eigenvalue weighted by molar-refractivity contribution is -0.151. The van der Waals surface area contributed by atoms with Crippen molar-refractivity contribution < 1.29 is 19.4 Å². The van der Waals surface area contributed by atoms with E-state index >= 15 is 0 Å². The maximum absolute atomic E-state index is 12.4. The van der Waals surface area contributed by atoms with Crippen LogP contribution >= 0.6 is 0 Å². The summed E-state index contributed by atoms with van der Waals surface area (Å²) in [6.07, 6.45) is 2.76. The quantitative estimate of drug-likeness (QED) is 0.616. The highest BCUT2D eigenvalue weighted by molar-refractivity contribution is 5.84. The van der Waals surface area contributed by atoms with Crippen molar-refractivity contribution in [3.8, 4) is 0 Å². The summed E-state index contributed by atoms with van der Waals surface area (Å²) in [4.78, 5) is 26.1. The van der Waals surface area contributed by atoms with Gasteiger partial charge >= 0.3 is 5.97 Å². The van der Waals surface area contributed by atoms with Crippen LogP contribution in [0.1, 0.15) is 31.7 Å². The standard InChI is InChI=1S/C19H25NO4/c1-3-4-14-24-15(2)17(21)20-12-10-19(11-13-20,18(22)23)16-8-6-5-7-9-16/h3,5-9,15H,1,4,10-14H2,2H3,(H,22,23)/t15-/m1/s1. The maximum Gasteiger partial charge on any atom is 0.314 e. The minimum atomic E-state index is -0.912. The number of piperidine rings is 1. The second-order valence-corrected chi connectivity index (χ2v) is 6.17. The zero-order chi connectivity index (χ0) is 17.6. The third-order valence-electron chi connectivity index (χ3n) is 4.70. The summed E-state index contributed by atoms with van der Waals surface area (Å²) in [5, 5.41) is 9.78. The predicted octanol–water partition coefficient (Wildman–Crippen LogP) is 2.61. The van der Waals surface area contributed by atoms with Crippen molar-refractivity contribution in [2.75, 3.05) is 19.7 Å². The molecule has 1 saturated heterocycles. The molecular weight excluding hydrogens is 306 g/mol. The monoisotopic (exact) mass is 331 g/mol. The third-order valence-corrected chi connectivity index (χ3v) is 4.70. The number of aliphatic carboxylic acids is 1. The van der Waals surface area contributed by atoms with E-state index in [4.69, 9.17) is 4.74 Å². The molecular formula is C19H25NO4. The topological polar surface area (TPSA) is 66.8 Å². The van der Waals surface area contributed by atoms with Crippen molar-refractivity contribution in [2.45, 2.75) is 37.7 Å². The number of ether oxygens (including phenoxy) is 1. The van der Waals surface area contributed by atoms with Crippen LogP contribution in [0.4, 0.5) is 0 Å². The Kier molecular flexibility index (Phi) is 6.15. The Morgan fingerprint density at radius 2 is 1.96 bits per heavy atom. The normalized spacial score (nSPS) is 18.0. The van der Waals surface area contributed by atoms with Crippen LogP contribution in [0.3, 0.4) is 0 Å². The van der Waals surface area contributed by atoms with E-state index in [-0.39, 0.29) is 5.91 Å². The van der Waals surface area contributed by atoms with Gasteiger partial charge in [-0.2, -0.15) is 0 Å². The molecule has 0 radical (unpaired) electrons. The first-order valence-electron chi connectivity index (χ1n) is 8.31. The van der Waals surface area contributed by atoms with E-state index in [1.165, 1.54) is 0 Å². The summed E-state index contributed by atoms with van der Waals surface area (Å²) in [6, 6.07) is 9.29. The van der Waals surface area contributed by atoms with E-state index in [1.807, 2.05) is 30.3 Å². The number of carbonyl (C=O) groups is 2. The van der Waals surface area contributed by atoms with E-state index in [0.717, 1.165) is 5.56 Å². The van der Waals surface area contributed by atoms with Crippen LogP contribution in [0.2, 0.25) is 0 Å². The van der Waals surface area contributed by atoms with Gasteiger partial charge in [0.05, 0.1) is 12.0 Å². The fraction of sp³-hybridized carbons (Fsp3) is 0.474. The minimum absolute atomic E-state index is 0.0777. The molecule has 1 aliphatic rings. The number of benzene rings is 1. The van der Waals surface area contributed by atoms with E-state index in [2.05, 4.69) is 6.58 Å². The lowest BCUT2D eigenvalue weighted by Gasteiger charge is -2.40. The molecule has 1 atom stereocenters. The summed E-state index contributed by atoms with van der Waals surface area (Å²) in [5.41, 5.74) is -0.106. The Bertz CT molecular complexity index is 576. The summed E-state index contributed by atoms with van der Waals surface area (Å²) < 4.78 is 5.50. The number of likely N-dealkylation sites (tertiary alicyclic amines) is 1. The molecule has 1 aliphatic heterocycles. The van der Waals surface area contributed by atoms with Gasteiger partial charge in [0.25, 0.3) is 5.91 Å². The molecule has 130 valence electrons. The molecule has 0 aliphatic carbocycles. The fourth-order valence-corrected chi connectivity index (χ4v) is 3.15. The number of amides is 1. The predicted molar refractivity (Wildman–Crippen MR) is 91.8 cm³/mol. The van der Waals surface area contributed by atoms with Gasteiger partial charge in [0, 0.05) is 13.1 Å². The third kappa shape index (κ3) is 3.85. The van der Waals surface area contributed by atoms with Crippen LogP contribution < -0.4 is 0 Å². The first-order chi connectivity index (χ1) is 11.5. The highest BCUT2D eigenvalue weighted by atomic mass is 16.5. The zero-order valence-electron chi connectivity index (χ0n) is 14.1. The van der Waals surface area contributed by atoms with Crippen molar-refractivity contribution in [2.24, 2.45) is 0 Å². The summed E-state index contributed by atoms with van der Waals surface area (Å²) in [6.45, 7) is 6.68. The second-order valence-electron chi connectivity index (χ2n) is 6.17. The average Bonchev–Trinajstić information content (AvgIpc) is 2.62. The SMILES string of the molecule is C=CCCO[C@H](C)C(=O)N1CCC(C(=O)O)(c2ccccc2)CC1. The lowest BCUT2D eigenvalue weighted by atomic mass is 9.73. The first kappa shape index (κ1) is 18.2. The molecule has 0 aromatic heterocycles. The Morgan fingerprint density at radius 3 is 2.50 bits per heavy atom. The van der Waals surface area contributed by atoms with Crippen LogP contribution in [-0.4, -0.2) is 47.7 Å². The van der Waals surface area contributed by atoms with Gasteiger partial charge in [-0.1, -0.05) is 36.4 Å². The molecule has 2 rings (SSSR count). The Hall–Kier alpha value is -2.14. The van der Waals surface area contributed by atoms with E-state index < -0.39 is 17.5 Å². The highest BCUT2D eigenvalue weighted by Crippen LogP contribution is 2.36. The molecule has 1 heterocycles. The molecule has 1 aromatic rings. The summed E-state index contributed by atoms with van der Waals surface area (Å²) in [5.74, 6) is -0.901. The smallest absolute Gasteiger partial charge is 0.314 e. The molecule has 1 N–H and O–H groups in total. The summed E-state index contributed by atoms with van der Waals surface area (Å²) in [7, 11) is 0. The van der Waals surface area contributed by atoms with Gasteiger partial charge in [-0.05, 0) is 31.7 Å². The van der Waals surface area contributed by atoms with Gasteiger partial charge in [-0.15, -0.1) is 6.58 Å². The fourth-order valence-electron chi connectivity index (χ4n) is 3.15. The minimum Gasteiger partial charge on any atom is -0.481 e. The molecule has 24 heavy (non-hydrogen) atoms. The Morgan fingerprint density at radius 1 is 1.33 bits per heavy atom. The molecule has 1 amide bonds. The van der Waals surface area contributed by atoms with Crippen molar-refractivity contribution in [3.05, 3.63) is 48.6 Å². The number of carboxylic acids is 1. The van der Waals surface area contributed by atoms with Crippen molar-refractivity contribution in [1.82, 2.24) is 4.90 Å². The van der Waals surface area contributed by atoms with Crippen LogP contribution in [0, 0.1) is 0 Å². The van der Waals surface area contributed by atoms with Gasteiger partial charge in [-0.3, -0.25) is 9.59 Å². The van der Waals surface area contributed by atoms with Gasteiger partial charge < -0.3 is 14.7 Å². The van der Waals surface area contributed by atoms with Crippen molar-refractivity contribution in [3.63, 3.8) is 0 Å². The highest BCUT2D eigenvalue weighted by Gasteiger charge is 2.44. The zero-order valence-corrected chi connectivity index (χ0v) is 14.1. The van der Waals surface area contributed by atoms with E-state index in [0.29, 0.717) is 39.0 Å². The van der Waals surface area contributed by atoms with Crippen LogP contribution in [-0.2, 0) is 19.7 Å². The average molecular weight is 331 g/mol. The van der Waals surface area contributed by atoms with Gasteiger partial charge in [-0.25, -0.2) is 0 Å². The second kappa shape index (κ2) is 8.11. The van der Waals surface area contributed by atoms with Crippen LogP contribution in [0.25, 0.3) is 0 Å². The molecule has 1 fully saturated rings. The molecule has 1 aromatic carbocycles. The van der Waals surface area contributed by atoms with Crippen molar-refractivity contribution in [1.29, 1.82) is 0 Å². The number of hydrogen-bond acceptors (Lipinski definition) is 3. The number of hydrogen-bond donors (Lipinski definition) is 1. The molecule has 0 unspecified atom stereocenters. The first-order valence-corrected chi connectivity index (χ1v) is 8.31. The Labute approximate surface area is 142 Å². The number of carboxylic acid groups (broad SMARTS) is 1. The number of carbonyl (C=O) groups excluding carboxylic acids is 1. The number of rotatable bonds is 7. The summed E-state index contributed by atoms with van der Waals surface area (Å²) >= 11 is 0. The molecule has 0 saturated carbocycles. The molecule has 0 bridgehead atoms. The largest absolute Gasteiger partial charge is 0.481 e. The molecule has 5 nitrogen and oxygen atoms in total. The lowest BCUT2D eigenvalue weighted by Crippen LogP contribution is -2.51. The van der Waals surface area contributed by atoms with Crippen molar-refractivity contribution >= 4 is 11.9 Å². The maximum atomic E-state index is 12.4. The van der Waals surface area contributed by atoms with Gasteiger partial charge in [0.2, 0.25) is 0 Å². The van der Waals surface area contributed by atoms with Gasteiger partial charge in [0.15, 0.2) is 0 Å². The van der Waals surface area contributed by atoms with Gasteiger partial charge in [0.1, 0.15) is 6.10 Å². The van der Waals surface area contributed by atoms with Crippen LogP contribution in [0.5, 0.6) is 0 Å². The Balaban J connectivity index is 2.02. The van der Waals surface area contributed by atoms with Crippen LogP contribution in [0.15, 0.2) is 43.0 Å². The molecule has 0 spiro atoms. The number of nitrogens with zero attached hydrogens (tertiary/aromatic N) is 1. The van der Waals surface area contributed by atoms with E-state index in [9.17, 15) is 14.7 Å². The molecule has 5 heteroatoms.